The van der Waals surface area contributed by atoms with Crippen LogP contribution >= 0.6 is 0 Å². The quantitative estimate of drug-likeness (QED) is 0.688. The second-order valence-corrected chi connectivity index (χ2v) is 4.61. The van der Waals surface area contributed by atoms with E-state index in [2.05, 4.69) is 43.5 Å². The van der Waals surface area contributed by atoms with Gasteiger partial charge in [-0.15, -0.1) is 0 Å². The van der Waals surface area contributed by atoms with Crippen molar-refractivity contribution in [3.05, 3.63) is 35.9 Å². The highest BCUT2D eigenvalue weighted by molar-refractivity contribution is 6.15. The summed E-state index contributed by atoms with van der Waals surface area (Å²) in [7, 11) is 2.35. The maximum Gasteiger partial charge on any atom is 0.128 e. The highest BCUT2D eigenvalue weighted by Crippen LogP contribution is 2.20. The van der Waals surface area contributed by atoms with Crippen molar-refractivity contribution in [2.45, 2.75) is 31.1 Å². The number of piperidine rings is 1. The molecule has 2 rings (SSSR count). The van der Waals surface area contributed by atoms with Crippen molar-refractivity contribution in [2.75, 3.05) is 6.54 Å². The Balaban J connectivity index is 2.02. The summed E-state index contributed by atoms with van der Waals surface area (Å²) in [5.41, 5.74) is 1.78. The summed E-state index contributed by atoms with van der Waals surface area (Å²) >= 11 is 0. The minimum absolute atomic E-state index is 0.333. The lowest BCUT2D eigenvalue weighted by Crippen LogP contribution is -2.50. The second-order valence-electron chi connectivity index (χ2n) is 4.61. The van der Waals surface area contributed by atoms with E-state index in [9.17, 15) is 0 Å². The molecule has 1 N–H and O–H groups in total. The largest absolute Gasteiger partial charge is 0.319 e. The van der Waals surface area contributed by atoms with E-state index in [-0.39, 0.29) is 0 Å². The van der Waals surface area contributed by atoms with Gasteiger partial charge in [-0.05, 0) is 36.8 Å². The Bertz CT molecular complexity index is 278. The van der Waals surface area contributed by atoms with Gasteiger partial charge in [-0.2, -0.15) is 0 Å². The minimum atomic E-state index is 0.333. The first-order valence-electron chi connectivity index (χ1n) is 5.57. The molecule has 1 aliphatic heterocycles. The van der Waals surface area contributed by atoms with E-state index in [1.165, 1.54) is 31.4 Å². The fourth-order valence-electron chi connectivity index (χ4n) is 2.32. The second kappa shape index (κ2) is 4.18. The highest BCUT2D eigenvalue weighted by Gasteiger charge is 2.25. The van der Waals surface area contributed by atoms with Crippen molar-refractivity contribution in [1.82, 2.24) is 5.32 Å². The van der Waals surface area contributed by atoms with Crippen molar-refractivity contribution in [2.24, 2.45) is 0 Å². The number of benzene rings is 1. The summed E-state index contributed by atoms with van der Waals surface area (Å²) < 4.78 is 0. The highest BCUT2D eigenvalue weighted by atomic mass is 14.9. The Morgan fingerprint density at radius 2 is 2.00 bits per heavy atom. The van der Waals surface area contributed by atoms with Gasteiger partial charge in [0.2, 0.25) is 0 Å². The molecule has 0 amide bonds. The SMILES string of the molecule is BC1(Cc2ccccc2)CCCCN1. The standard InChI is InChI=1S/C12H18BN/c13-12(8-4-5-9-14-12)10-11-6-2-1-3-7-11/h1-3,6-7,14H,4-5,8-10,13H2. The van der Waals surface area contributed by atoms with E-state index < -0.39 is 0 Å². The molecule has 0 saturated carbocycles. The molecule has 1 unspecified atom stereocenters. The molecule has 1 saturated heterocycles. The molecule has 2 heteroatoms. The van der Waals surface area contributed by atoms with E-state index >= 15 is 0 Å². The lowest BCUT2D eigenvalue weighted by atomic mass is 9.68. The van der Waals surface area contributed by atoms with Gasteiger partial charge in [0.25, 0.3) is 0 Å². The Morgan fingerprint density at radius 1 is 1.21 bits per heavy atom. The number of nitrogens with one attached hydrogen (secondary N) is 1. The summed E-state index contributed by atoms with van der Waals surface area (Å²) in [6.07, 6.45) is 5.18. The molecule has 0 spiro atoms. The topological polar surface area (TPSA) is 12.0 Å². The van der Waals surface area contributed by atoms with Gasteiger partial charge >= 0.3 is 0 Å². The third-order valence-electron chi connectivity index (χ3n) is 3.14. The van der Waals surface area contributed by atoms with Crippen LogP contribution < -0.4 is 5.32 Å². The maximum atomic E-state index is 3.64. The van der Waals surface area contributed by atoms with Crippen LogP contribution in [0.2, 0.25) is 0 Å². The minimum Gasteiger partial charge on any atom is -0.319 e. The number of hydrogen-bond donors (Lipinski definition) is 1. The van der Waals surface area contributed by atoms with Gasteiger partial charge in [-0.3, -0.25) is 0 Å². The molecule has 1 heterocycles. The molecule has 1 fully saturated rings. The zero-order valence-corrected chi connectivity index (χ0v) is 8.92. The number of rotatable bonds is 2. The summed E-state index contributed by atoms with van der Waals surface area (Å²) in [6.45, 7) is 1.18. The Labute approximate surface area is 87.3 Å². The van der Waals surface area contributed by atoms with Crippen LogP contribution in [0.4, 0.5) is 0 Å². The number of hydrogen-bond acceptors (Lipinski definition) is 1. The average Bonchev–Trinajstić information content (AvgIpc) is 2.19. The van der Waals surface area contributed by atoms with Crippen molar-refractivity contribution in [1.29, 1.82) is 0 Å². The van der Waals surface area contributed by atoms with E-state index in [1.54, 1.807) is 0 Å². The van der Waals surface area contributed by atoms with E-state index in [0.29, 0.717) is 5.44 Å². The van der Waals surface area contributed by atoms with Crippen LogP contribution in [0.1, 0.15) is 24.8 Å². The molecule has 1 aromatic rings. The van der Waals surface area contributed by atoms with Crippen LogP contribution in [-0.2, 0) is 6.42 Å². The zero-order chi connectivity index (χ0) is 9.86. The lowest BCUT2D eigenvalue weighted by molar-refractivity contribution is 0.353. The first kappa shape index (κ1) is 9.79. The summed E-state index contributed by atoms with van der Waals surface area (Å²) in [5, 5.41) is 3.64. The normalized spacial score (nSPS) is 27.4. The molecule has 0 bridgehead atoms. The van der Waals surface area contributed by atoms with Crippen LogP contribution in [-0.4, -0.2) is 19.8 Å². The fourth-order valence-corrected chi connectivity index (χ4v) is 2.32. The Morgan fingerprint density at radius 3 is 2.64 bits per heavy atom. The van der Waals surface area contributed by atoms with E-state index in [1.807, 2.05) is 0 Å². The summed E-state index contributed by atoms with van der Waals surface area (Å²) in [6, 6.07) is 10.8. The van der Waals surface area contributed by atoms with Crippen LogP contribution in [0, 0.1) is 0 Å². The third kappa shape index (κ3) is 2.39. The first-order valence-corrected chi connectivity index (χ1v) is 5.57. The molecule has 1 atom stereocenters. The summed E-state index contributed by atoms with van der Waals surface area (Å²) in [4.78, 5) is 0. The van der Waals surface area contributed by atoms with Gasteiger partial charge in [0.1, 0.15) is 7.85 Å². The molecule has 0 radical (unpaired) electrons. The maximum absolute atomic E-state index is 3.64. The van der Waals surface area contributed by atoms with Gasteiger partial charge in [0.05, 0.1) is 0 Å². The molecule has 0 aliphatic carbocycles. The van der Waals surface area contributed by atoms with Crippen molar-refractivity contribution in [3.63, 3.8) is 0 Å². The first-order chi connectivity index (χ1) is 6.79. The van der Waals surface area contributed by atoms with Gasteiger partial charge in [0.15, 0.2) is 0 Å². The molecular weight excluding hydrogens is 169 g/mol. The van der Waals surface area contributed by atoms with E-state index in [4.69, 9.17) is 0 Å². The zero-order valence-electron chi connectivity index (χ0n) is 8.92. The molecule has 0 aromatic heterocycles. The van der Waals surface area contributed by atoms with Gasteiger partial charge in [-0.1, -0.05) is 36.8 Å². The van der Waals surface area contributed by atoms with Crippen LogP contribution in [0.25, 0.3) is 0 Å². The van der Waals surface area contributed by atoms with Gasteiger partial charge in [-0.25, -0.2) is 0 Å². The van der Waals surface area contributed by atoms with Crippen molar-refractivity contribution < 1.29 is 0 Å². The van der Waals surface area contributed by atoms with Crippen LogP contribution in [0.15, 0.2) is 30.3 Å². The predicted molar refractivity (Wildman–Crippen MR) is 63.3 cm³/mol. The Hall–Kier alpha value is -0.755. The van der Waals surface area contributed by atoms with Gasteiger partial charge in [0, 0.05) is 0 Å². The third-order valence-corrected chi connectivity index (χ3v) is 3.14. The lowest BCUT2D eigenvalue weighted by Gasteiger charge is -2.35. The summed E-state index contributed by atoms with van der Waals surface area (Å²) in [5.74, 6) is 0. The average molecular weight is 187 g/mol. The van der Waals surface area contributed by atoms with Crippen molar-refractivity contribution >= 4 is 7.85 Å². The monoisotopic (exact) mass is 187 g/mol. The van der Waals surface area contributed by atoms with Crippen LogP contribution in [0.3, 0.4) is 0 Å². The molecule has 1 nitrogen and oxygen atoms in total. The molecule has 1 aromatic carbocycles. The predicted octanol–water partition coefficient (Wildman–Crippen LogP) is 1.33. The molecule has 14 heavy (non-hydrogen) atoms. The smallest absolute Gasteiger partial charge is 0.128 e. The fraction of sp³-hybridized carbons (Fsp3) is 0.500. The molecular formula is C12H18BN. The Kier molecular flexibility index (Phi) is 2.92. The van der Waals surface area contributed by atoms with E-state index in [0.717, 1.165) is 6.42 Å². The van der Waals surface area contributed by atoms with Crippen LogP contribution in [0.5, 0.6) is 0 Å². The molecule has 74 valence electrons. The van der Waals surface area contributed by atoms with Crippen molar-refractivity contribution in [3.8, 4) is 0 Å². The van der Waals surface area contributed by atoms with Gasteiger partial charge < -0.3 is 5.32 Å². The molecule has 1 aliphatic rings.